The predicted molar refractivity (Wildman–Crippen MR) is 79.6 cm³/mol. The van der Waals surface area contributed by atoms with Gasteiger partial charge in [0.05, 0.1) is 9.70 Å². The standard InChI is InChI=1S/C13H15BrN2O2S/c14-11-5-3-10(19-11)4-6-12(17)16-7-1-2-9(8-16)13(15)18/h3-6,9H,1-2,7-8H2,(H2,15,18)/b6-4+. The largest absolute Gasteiger partial charge is 0.369 e. The van der Waals surface area contributed by atoms with E-state index in [1.807, 2.05) is 12.1 Å². The second-order valence-electron chi connectivity index (χ2n) is 4.50. The highest BCUT2D eigenvalue weighted by atomic mass is 79.9. The highest BCUT2D eigenvalue weighted by Gasteiger charge is 2.25. The van der Waals surface area contributed by atoms with E-state index in [0.29, 0.717) is 13.1 Å². The Morgan fingerprint density at radius 2 is 2.26 bits per heavy atom. The van der Waals surface area contributed by atoms with Gasteiger partial charge in [-0.15, -0.1) is 11.3 Å². The molecule has 0 aliphatic carbocycles. The molecule has 1 fully saturated rings. The summed E-state index contributed by atoms with van der Waals surface area (Å²) in [4.78, 5) is 25.9. The first-order valence-electron chi connectivity index (χ1n) is 6.08. The van der Waals surface area contributed by atoms with Crippen LogP contribution in [0.5, 0.6) is 0 Å². The first-order valence-corrected chi connectivity index (χ1v) is 7.69. The molecule has 1 saturated heterocycles. The van der Waals surface area contributed by atoms with E-state index in [-0.39, 0.29) is 17.7 Å². The number of carbonyl (C=O) groups is 2. The summed E-state index contributed by atoms with van der Waals surface area (Å²) in [7, 11) is 0. The summed E-state index contributed by atoms with van der Waals surface area (Å²) in [5.41, 5.74) is 5.30. The molecule has 0 bridgehead atoms. The minimum atomic E-state index is -0.316. The van der Waals surface area contributed by atoms with Gasteiger partial charge in [-0.1, -0.05) is 0 Å². The van der Waals surface area contributed by atoms with Crippen LogP contribution < -0.4 is 5.73 Å². The molecular formula is C13H15BrN2O2S. The van der Waals surface area contributed by atoms with Crippen LogP contribution >= 0.6 is 27.3 Å². The van der Waals surface area contributed by atoms with Crippen LogP contribution in [0.25, 0.3) is 6.08 Å². The van der Waals surface area contributed by atoms with Gasteiger partial charge in [0.25, 0.3) is 0 Å². The lowest BCUT2D eigenvalue weighted by molar-refractivity contribution is -0.130. The molecule has 1 aromatic heterocycles. The maximum atomic E-state index is 12.0. The number of thiophene rings is 1. The highest BCUT2D eigenvalue weighted by Crippen LogP contribution is 2.23. The van der Waals surface area contributed by atoms with Gasteiger partial charge >= 0.3 is 0 Å². The molecule has 4 nitrogen and oxygen atoms in total. The summed E-state index contributed by atoms with van der Waals surface area (Å²) < 4.78 is 1.03. The van der Waals surface area contributed by atoms with E-state index in [1.54, 1.807) is 28.4 Å². The van der Waals surface area contributed by atoms with Crippen molar-refractivity contribution < 1.29 is 9.59 Å². The van der Waals surface area contributed by atoms with Crippen molar-refractivity contribution in [3.63, 3.8) is 0 Å². The lowest BCUT2D eigenvalue weighted by Crippen LogP contribution is -2.43. The van der Waals surface area contributed by atoms with Gasteiger partial charge in [-0.2, -0.15) is 0 Å². The van der Waals surface area contributed by atoms with Crippen LogP contribution in [0.15, 0.2) is 22.0 Å². The number of halogens is 1. The molecule has 2 heterocycles. The fraction of sp³-hybridized carbons (Fsp3) is 0.385. The summed E-state index contributed by atoms with van der Waals surface area (Å²) >= 11 is 4.94. The monoisotopic (exact) mass is 342 g/mol. The van der Waals surface area contributed by atoms with Crippen LogP contribution in [0.4, 0.5) is 0 Å². The SMILES string of the molecule is NC(=O)C1CCCN(C(=O)/C=C/c2ccc(Br)s2)C1. The number of nitrogens with zero attached hydrogens (tertiary/aromatic N) is 1. The van der Waals surface area contributed by atoms with Crippen LogP contribution in [0.1, 0.15) is 17.7 Å². The second kappa shape index (κ2) is 6.34. The van der Waals surface area contributed by atoms with E-state index in [0.717, 1.165) is 21.5 Å². The molecule has 0 saturated carbocycles. The summed E-state index contributed by atoms with van der Waals surface area (Å²) in [6.45, 7) is 1.13. The third-order valence-corrected chi connectivity index (χ3v) is 4.71. The maximum Gasteiger partial charge on any atom is 0.246 e. The summed E-state index contributed by atoms with van der Waals surface area (Å²) in [6, 6.07) is 3.89. The number of amides is 2. The normalized spacial score (nSPS) is 19.8. The van der Waals surface area contributed by atoms with Gasteiger partial charge in [0.15, 0.2) is 0 Å². The molecule has 102 valence electrons. The Morgan fingerprint density at radius 3 is 2.89 bits per heavy atom. The number of piperidine rings is 1. The zero-order valence-corrected chi connectivity index (χ0v) is 12.7. The topological polar surface area (TPSA) is 63.4 Å². The molecule has 0 aromatic carbocycles. The van der Waals surface area contributed by atoms with Crippen molar-refractivity contribution in [1.29, 1.82) is 0 Å². The summed E-state index contributed by atoms with van der Waals surface area (Å²) in [5, 5.41) is 0. The summed E-state index contributed by atoms with van der Waals surface area (Å²) in [5.74, 6) is -0.582. The predicted octanol–water partition coefficient (Wildman–Crippen LogP) is 2.25. The van der Waals surface area contributed by atoms with Crippen molar-refractivity contribution in [2.45, 2.75) is 12.8 Å². The van der Waals surface area contributed by atoms with E-state index in [1.165, 1.54) is 0 Å². The van der Waals surface area contributed by atoms with Crippen LogP contribution in [0.2, 0.25) is 0 Å². The fourth-order valence-corrected chi connectivity index (χ4v) is 3.41. The van der Waals surface area contributed by atoms with Crippen molar-refractivity contribution in [2.24, 2.45) is 11.7 Å². The van der Waals surface area contributed by atoms with Crippen molar-refractivity contribution in [3.8, 4) is 0 Å². The minimum absolute atomic E-state index is 0.0597. The molecule has 2 amide bonds. The Kier molecular flexibility index (Phi) is 4.76. The molecule has 0 radical (unpaired) electrons. The van der Waals surface area contributed by atoms with Crippen LogP contribution in [0.3, 0.4) is 0 Å². The number of rotatable bonds is 3. The molecule has 6 heteroatoms. The Labute approximate surface area is 124 Å². The van der Waals surface area contributed by atoms with E-state index in [4.69, 9.17) is 5.73 Å². The summed E-state index contributed by atoms with van der Waals surface area (Å²) in [6.07, 6.45) is 4.96. The average molecular weight is 343 g/mol. The highest BCUT2D eigenvalue weighted by molar-refractivity contribution is 9.11. The second-order valence-corrected chi connectivity index (χ2v) is 7.00. The molecule has 1 aliphatic heterocycles. The Morgan fingerprint density at radius 1 is 1.47 bits per heavy atom. The number of primary amides is 1. The van der Waals surface area contributed by atoms with Gasteiger partial charge in [0, 0.05) is 24.0 Å². The lowest BCUT2D eigenvalue weighted by Gasteiger charge is -2.30. The first kappa shape index (κ1) is 14.3. The van der Waals surface area contributed by atoms with Crippen LogP contribution in [-0.2, 0) is 9.59 Å². The number of nitrogens with two attached hydrogens (primary N) is 1. The quantitative estimate of drug-likeness (QED) is 0.856. The van der Waals surface area contributed by atoms with Crippen molar-refractivity contribution in [1.82, 2.24) is 4.90 Å². The molecule has 1 aromatic rings. The number of hydrogen-bond acceptors (Lipinski definition) is 3. The van der Waals surface area contributed by atoms with E-state index in [2.05, 4.69) is 15.9 Å². The third kappa shape index (κ3) is 3.91. The van der Waals surface area contributed by atoms with Crippen molar-refractivity contribution in [3.05, 3.63) is 26.9 Å². The minimum Gasteiger partial charge on any atom is -0.369 e. The van der Waals surface area contributed by atoms with Gasteiger partial charge in [0.2, 0.25) is 11.8 Å². The number of likely N-dealkylation sites (tertiary alicyclic amines) is 1. The molecular weight excluding hydrogens is 328 g/mol. The molecule has 2 rings (SSSR count). The van der Waals surface area contributed by atoms with Gasteiger partial charge in [-0.05, 0) is 47.0 Å². The Balaban J connectivity index is 1.96. The maximum absolute atomic E-state index is 12.0. The molecule has 0 spiro atoms. The first-order chi connectivity index (χ1) is 9.06. The number of carbonyl (C=O) groups excluding carboxylic acids is 2. The lowest BCUT2D eigenvalue weighted by atomic mass is 9.97. The molecule has 1 aliphatic rings. The van der Waals surface area contributed by atoms with E-state index >= 15 is 0 Å². The van der Waals surface area contributed by atoms with Crippen molar-refractivity contribution in [2.75, 3.05) is 13.1 Å². The van der Waals surface area contributed by atoms with Crippen molar-refractivity contribution >= 4 is 45.2 Å². The van der Waals surface area contributed by atoms with Gasteiger partial charge in [-0.25, -0.2) is 0 Å². The zero-order chi connectivity index (χ0) is 13.8. The Bertz CT molecular complexity index is 512. The third-order valence-electron chi connectivity index (χ3n) is 3.12. The van der Waals surface area contributed by atoms with Gasteiger partial charge in [-0.3, -0.25) is 9.59 Å². The molecule has 1 unspecified atom stereocenters. The van der Waals surface area contributed by atoms with Crippen LogP contribution in [-0.4, -0.2) is 29.8 Å². The van der Waals surface area contributed by atoms with E-state index < -0.39 is 0 Å². The van der Waals surface area contributed by atoms with Gasteiger partial charge < -0.3 is 10.6 Å². The fourth-order valence-electron chi connectivity index (χ4n) is 2.09. The molecule has 2 N–H and O–H groups in total. The van der Waals surface area contributed by atoms with Crippen LogP contribution in [0, 0.1) is 5.92 Å². The zero-order valence-electron chi connectivity index (χ0n) is 10.3. The smallest absolute Gasteiger partial charge is 0.246 e. The molecule has 1 atom stereocenters. The van der Waals surface area contributed by atoms with E-state index in [9.17, 15) is 9.59 Å². The van der Waals surface area contributed by atoms with Gasteiger partial charge in [0.1, 0.15) is 0 Å². The Hall–Kier alpha value is -1.14. The molecule has 19 heavy (non-hydrogen) atoms. The average Bonchev–Trinajstić information content (AvgIpc) is 2.82. The number of hydrogen-bond donors (Lipinski definition) is 1.